The smallest absolute Gasteiger partial charge is 0.416 e. The molecule has 1 saturated heterocycles. The van der Waals surface area contributed by atoms with E-state index >= 15 is 0 Å². The highest BCUT2D eigenvalue weighted by atomic mass is 32.2. The summed E-state index contributed by atoms with van der Waals surface area (Å²) >= 11 is 0. The van der Waals surface area contributed by atoms with Crippen LogP contribution < -0.4 is 4.74 Å². The van der Waals surface area contributed by atoms with Crippen LogP contribution in [0.1, 0.15) is 37.4 Å². The molecule has 0 unspecified atom stereocenters. The van der Waals surface area contributed by atoms with E-state index < -0.39 is 27.8 Å². The molecule has 2 heterocycles. The van der Waals surface area contributed by atoms with Gasteiger partial charge in [-0.15, -0.1) is 0 Å². The van der Waals surface area contributed by atoms with Gasteiger partial charge in [0.25, 0.3) is 0 Å². The summed E-state index contributed by atoms with van der Waals surface area (Å²) in [6.07, 6.45) is -0.661. The third-order valence-corrected chi connectivity index (χ3v) is 8.25. The van der Waals surface area contributed by atoms with Crippen LogP contribution in [0.15, 0.2) is 35.4 Å². The second-order valence-corrected chi connectivity index (χ2v) is 9.69. The summed E-state index contributed by atoms with van der Waals surface area (Å²) in [5.74, 6) is 0.219. The van der Waals surface area contributed by atoms with Crippen molar-refractivity contribution >= 4 is 10.0 Å². The molecule has 2 fully saturated rings. The molecular formula is C20H24F3N3O3S. The van der Waals surface area contributed by atoms with Gasteiger partial charge in [0.05, 0.1) is 23.5 Å². The number of piperidine rings is 1. The lowest BCUT2D eigenvalue weighted by molar-refractivity contribution is -0.137. The van der Waals surface area contributed by atoms with E-state index in [9.17, 15) is 21.6 Å². The van der Waals surface area contributed by atoms with Crippen molar-refractivity contribution in [1.29, 1.82) is 0 Å². The zero-order chi connectivity index (χ0) is 21.7. The van der Waals surface area contributed by atoms with E-state index in [0.29, 0.717) is 12.2 Å². The largest absolute Gasteiger partial charge is 0.492 e. The molecule has 2 bridgehead atoms. The Labute approximate surface area is 173 Å². The first-order valence-electron chi connectivity index (χ1n) is 9.99. The molecule has 30 heavy (non-hydrogen) atoms. The Morgan fingerprint density at radius 1 is 1.27 bits per heavy atom. The predicted octanol–water partition coefficient (Wildman–Crippen LogP) is 3.85. The van der Waals surface area contributed by atoms with Crippen molar-refractivity contribution in [3.63, 3.8) is 0 Å². The number of aryl methyl sites for hydroxylation is 1. The maximum absolute atomic E-state index is 13.5. The summed E-state index contributed by atoms with van der Waals surface area (Å²) in [7, 11) is -3.78. The molecule has 2 aliphatic rings. The number of nitrogens with zero attached hydrogens (tertiary/aromatic N) is 3. The molecule has 1 aliphatic carbocycles. The fourth-order valence-corrected chi connectivity index (χ4v) is 6.75. The fourth-order valence-electron chi connectivity index (χ4n) is 4.69. The Kier molecular flexibility index (Phi) is 5.34. The van der Waals surface area contributed by atoms with Gasteiger partial charge in [-0.2, -0.15) is 22.6 Å². The van der Waals surface area contributed by atoms with Crippen LogP contribution in [-0.2, 0) is 22.7 Å². The second kappa shape index (κ2) is 7.56. The number of aromatic nitrogens is 2. The van der Waals surface area contributed by atoms with Gasteiger partial charge >= 0.3 is 6.18 Å². The normalized spacial score (nSPS) is 24.5. The lowest BCUT2D eigenvalue weighted by Gasteiger charge is -2.34. The van der Waals surface area contributed by atoms with Gasteiger partial charge in [-0.25, -0.2) is 8.42 Å². The van der Waals surface area contributed by atoms with Crippen LogP contribution in [0.4, 0.5) is 13.2 Å². The van der Waals surface area contributed by atoms with Crippen molar-refractivity contribution in [2.45, 2.75) is 62.8 Å². The first-order valence-corrected chi connectivity index (χ1v) is 11.4. The quantitative estimate of drug-likeness (QED) is 0.680. The van der Waals surface area contributed by atoms with Crippen molar-refractivity contribution in [2.24, 2.45) is 5.92 Å². The van der Waals surface area contributed by atoms with Crippen LogP contribution in [-0.4, -0.2) is 41.2 Å². The van der Waals surface area contributed by atoms with Crippen LogP contribution in [0.3, 0.4) is 0 Å². The molecule has 0 spiro atoms. The minimum atomic E-state index is -4.46. The van der Waals surface area contributed by atoms with Crippen molar-refractivity contribution < 1.29 is 26.3 Å². The van der Waals surface area contributed by atoms with E-state index in [0.717, 1.165) is 31.4 Å². The number of halogens is 3. The van der Waals surface area contributed by atoms with Crippen LogP contribution in [0.25, 0.3) is 0 Å². The molecule has 1 aromatic heterocycles. The zero-order valence-electron chi connectivity index (χ0n) is 16.8. The first kappa shape index (κ1) is 21.2. The van der Waals surface area contributed by atoms with Gasteiger partial charge in [0, 0.05) is 12.6 Å². The third-order valence-electron chi connectivity index (χ3n) is 6.17. The molecular weight excluding hydrogens is 419 g/mol. The average molecular weight is 443 g/mol. The Balaban J connectivity index is 1.58. The molecule has 164 valence electrons. The summed E-state index contributed by atoms with van der Waals surface area (Å²) in [5, 5.41) is 4.16. The summed E-state index contributed by atoms with van der Waals surface area (Å²) in [5.41, 5.74) is -0.210. The maximum atomic E-state index is 13.5. The van der Waals surface area contributed by atoms with E-state index in [2.05, 4.69) is 5.10 Å². The molecule has 1 aromatic carbocycles. The topological polar surface area (TPSA) is 64.4 Å². The van der Waals surface area contributed by atoms with Gasteiger partial charge < -0.3 is 4.74 Å². The van der Waals surface area contributed by atoms with E-state index in [-0.39, 0.29) is 29.2 Å². The number of alkyl halides is 3. The monoisotopic (exact) mass is 443 g/mol. The molecule has 1 aliphatic heterocycles. The van der Waals surface area contributed by atoms with Crippen molar-refractivity contribution in [1.82, 2.24) is 14.1 Å². The molecule has 1 saturated carbocycles. The number of hydrogen-bond donors (Lipinski definition) is 0. The minimum Gasteiger partial charge on any atom is -0.492 e. The number of benzene rings is 1. The highest BCUT2D eigenvalue weighted by Crippen LogP contribution is 2.45. The van der Waals surface area contributed by atoms with Crippen LogP contribution in [0, 0.1) is 12.8 Å². The second-order valence-electron chi connectivity index (χ2n) is 7.88. The Morgan fingerprint density at radius 2 is 2.03 bits per heavy atom. The number of ether oxygens (including phenoxy) is 1. The standard InChI is InChI=1S/C20H24F3N3O3S/c1-3-25-13(2)19(11-24-25)30(27,28)26-16-8-7-14(9-16)18(26)12-29-17-6-4-5-15(10-17)20(21,22)23/h4-6,10-11,14,16,18H,3,7-9,12H2,1-2H3/t14-,16-,18+/m0/s1. The molecule has 0 radical (unpaired) electrons. The van der Waals surface area contributed by atoms with Crippen LogP contribution in [0.2, 0.25) is 0 Å². The van der Waals surface area contributed by atoms with E-state index in [4.69, 9.17) is 4.74 Å². The number of fused-ring (bicyclic) bond motifs is 2. The van der Waals surface area contributed by atoms with Gasteiger partial charge in [-0.1, -0.05) is 6.07 Å². The summed E-state index contributed by atoms with van der Waals surface area (Å²) in [4.78, 5) is 0.181. The van der Waals surface area contributed by atoms with Crippen LogP contribution >= 0.6 is 0 Å². The van der Waals surface area contributed by atoms with E-state index in [1.807, 2.05) is 6.92 Å². The number of sulfonamides is 1. The Bertz CT molecular complexity index is 1040. The van der Waals surface area contributed by atoms with Gasteiger partial charge in [0.1, 0.15) is 17.3 Å². The summed E-state index contributed by atoms with van der Waals surface area (Å²) in [6.45, 7) is 4.20. The maximum Gasteiger partial charge on any atom is 0.416 e. The molecule has 0 N–H and O–H groups in total. The van der Waals surface area contributed by atoms with Gasteiger partial charge in [-0.05, 0) is 57.2 Å². The van der Waals surface area contributed by atoms with Gasteiger partial charge in [0.2, 0.25) is 10.0 Å². The lowest BCUT2D eigenvalue weighted by atomic mass is 10.0. The fraction of sp³-hybridized carbons (Fsp3) is 0.550. The van der Waals surface area contributed by atoms with Gasteiger partial charge in [0.15, 0.2) is 0 Å². The number of rotatable bonds is 6. The molecule has 0 amide bonds. The SMILES string of the molecule is CCn1ncc(S(=O)(=O)N2[C@H]3CC[C@@H](C3)[C@H]2COc2cccc(C(F)(F)F)c2)c1C. The molecule has 3 atom stereocenters. The van der Waals surface area contributed by atoms with Crippen LogP contribution in [0.5, 0.6) is 5.75 Å². The van der Waals surface area contributed by atoms with E-state index in [1.165, 1.54) is 22.6 Å². The number of hydrogen-bond acceptors (Lipinski definition) is 4. The highest BCUT2D eigenvalue weighted by molar-refractivity contribution is 7.89. The summed E-state index contributed by atoms with van der Waals surface area (Å²) in [6, 6.07) is 4.15. The Morgan fingerprint density at radius 3 is 2.70 bits per heavy atom. The van der Waals surface area contributed by atoms with Crippen molar-refractivity contribution in [3.05, 3.63) is 41.7 Å². The predicted molar refractivity (Wildman–Crippen MR) is 104 cm³/mol. The van der Waals surface area contributed by atoms with E-state index in [1.54, 1.807) is 11.6 Å². The third kappa shape index (κ3) is 3.60. The molecule has 4 rings (SSSR count). The highest BCUT2D eigenvalue weighted by Gasteiger charge is 2.52. The first-order chi connectivity index (χ1) is 14.1. The molecule has 10 heteroatoms. The lowest BCUT2D eigenvalue weighted by Crippen LogP contribution is -2.47. The zero-order valence-corrected chi connectivity index (χ0v) is 17.6. The molecule has 6 nitrogen and oxygen atoms in total. The molecule has 2 aromatic rings. The van der Waals surface area contributed by atoms with Gasteiger partial charge in [-0.3, -0.25) is 4.68 Å². The summed E-state index contributed by atoms with van der Waals surface area (Å²) < 4.78 is 74.6. The van der Waals surface area contributed by atoms with Crippen molar-refractivity contribution in [2.75, 3.05) is 6.61 Å². The Hall–Kier alpha value is -2.07. The van der Waals surface area contributed by atoms with Crippen molar-refractivity contribution in [3.8, 4) is 5.75 Å². The minimum absolute atomic E-state index is 0.0165. The average Bonchev–Trinajstić information content (AvgIpc) is 3.40.